The number of aliphatic hydroxyl groups excluding tert-OH is 1. The van der Waals surface area contributed by atoms with E-state index < -0.39 is 23.9 Å². The third-order valence-corrected chi connectivity index (χ3v) is 5.35. The Morgan fingerprint density at radius 1 is 1.15 bits per heavy atom. The maximum absolute atomic E-state index is 12.6. The van der Waals surface area contributed by atoms with Gasteiger partial charge in [0.25, 0.3) is 11.5 Å². The van der Waals surface area contributed by atoms with E-state index in [9.17, 15) is 24.6 Å². The van der Waals surface area contributed by atoms with Gasteiger partial charge >= 0.3 is 5.97 Å². The number of aryl methyl sites for hydroxylation is 2. The molecule has 0 unspecified atom stereocenters. The Bertz CT molecular complexity index is 1400. The molecular weight excluding hydrogens is 442 g/mol. The SMILES string of the molecule is Cc1cc(C(=O)Nc2ccc([C@@H](O)[C@H](CCn3nnc4ccccc4c3=O)C(=O)O)cc2)no1. The first-order valence-electron chi connectivity index (χ1n) is 10.4. The number of aromatic nitrogens is 4. The highest BCUT2D eigenvalue weighted by Gasteiger charge is 2.28. The molecule has 0 aliphatic carbocycles. The van der Waals surface area contributed by atoms with Crippen LogP contribution in [-0.2, 0) is 11.3 Å². The maximum atomic E-state index is 12.6. The van der Waals surface area contributed by atoms with Gasteiger partial charge in [-0.15, -0.1) is 5.10 Å². The van der Waals surface area contributed by atoms with Crippen molar-refractivity contribution in [1.29, 1.82) is 0 Å². The minimum absolute atomic E-state index is 0.0318. The molecule has 2 heterocycles. The molecule has 1 amide bonds. The Morgan fingerprint density at radius 3 is 2.56 bits per heavy atom. The Labute approximate surface area is 192 Å². The summed E-state index contributed by atoms with van der Waals surface area (Å²) < 4.78 is 5.97. The van der Waals surface area contributed by atoms with E-state index in [1.165, 1.54) is 18.2 Å². The second kappa shape index (κ2) is 9.63. The van der Waals surface area contributed by atoms with Gasteiger partial charge in [-0.2, -0.15) is 0 Å². The van der Waals surface area contributed by atoms with Gasteiger partial charge in [0.05, 0.1) is 17.4 Å². The van der Waals surface area contributed by atoms with Crippen LogP contribution < -0.4 is 10.9 Å². The second-order valence-electron chi connectivity index (χ2n) is 7.71. The fourth-order valence-electron chi connectivity index (χ4n) is 3.51. The molecule has 0 saturated carbocycles. The number of nitrogens with zero attached hydrogens (tertiary/aromatic N) is 4. The van der Waals surface area contributed by atoms with Crippen LogP contribution >= 0.6 is 0 Å². The van der Waals surface area contributed by atoms with Gasteiger partial charge in [0.1, 0.15) is 11.3 Å². The summed E-state index contributed by atoms with van der Waals surface area (Å²) in [4.78, 5) is 36.6. The molecule has 4 aromatic rings. The number of aliphatic hydroxyl groups is 1. The number of hydrogen-bond acceptors (Lipinski definition) is 8. The van der Waals surface area contributed by atoms with Crippen LogP contribution in [0.3, 0.4) is 0 Å². The Balaban J connectivity index is 1.45. The van der Waals surface area contributed by atoms with E-state index in [1.54, 1.807) is 43.3 Å². The van der Waals surface area contributed by atoms with Crippen LogP contribution in [-0.4, -0.2) is 42.2 Å². The van der Waals surface area contributed by atoms with Gasteiger partial charge in [-0.05, 0) is 43.2 Å². The molecule has 0 radical (unpaired) electrons. The van der Waals surface area contributed by atoms with E-state index in [-0.39, 0.29) is 24.2 Å². The molecule has 0 aliphatic heterocycles. The summed E-state index contributed by atoms with van der Waals surface area (Å²) in [6, 6.07) is 14.4. The molecular formula is C23H21N5O6. The molecule has 0 fully saturated rings. The van der Waals surface area contributed by atoms with E-state index in [0.29, 0.717) is 27.9 Å². The zero-order valence-electron chi connectivity index (χ0n) is 18.1. The molecule has 34 heavy (non-hydrogen) atoms. The highest BCUT2D eigenvalue weighted by Crippen LogP contribution is 2.27. The predicted octanol–water partition coefficient (Wildman–Crippen LogP) is 2.16. The molecule has 0 spiro atoms. The Hall–Kier alpha value is -4.38. The standard InChI is InChI=1S/C23H21N5O6/c1-13-12-19(26-34-13)21(30)24-15-8-6-14(7-9-15)20(29)17(23(32)33)10-11-28-22(31)16-4-2-3-5-18(16)25-27-28/h2-9,12,17,20,29H,10-11H2,1H3,(H,24,30)(H,32,33)/t17-,20+/m0/s1. The summed E-state index contributed by atoms with van der Waals surface area (Å²) in [5.41, 5.74) is 0.974. The van der Waals surface area contributed by atoms with Crippen LogP contribution in [0.1, 0.15) is 34.3 Å². The summed E-state index contributed by atoms with van der Waals surface area (Å²) in [5, 5.41) is 34.9. The number of carboxylic acid groups (broad SMARTS) is 1. The van der Waals surface area contributed by atoms with Crippen LogP contribution in [0.4, 0.5) is 5.69 Å². The number of rotatable bonds is 8. The smallest absolute Gasteiger partial charge is 0.309 e. The molecule has 0 bridgehead atoms. The van der Waals surface area contributed by atoms with Crippen LogP contribution in [0.25, 0.3) is 10.9 Å². The Morgan fingerprint density at radius 2 is 1.88 bits per heavy atom. The van der Waals surface area contributed by atoms with E-state index in [4.69, 9.17) is 4.52 Å². The molecule has 11 nitrogen and oxygen atoms in total. The topological polar surface area (TPSA) is 160 Å². The zero-order valence-corrected chi connectivity index (χ0v) is 18.1. The molecule has 2 atom stereocenters. The number of carbonyl (C=O) groups is 2. The van der Waals surface area contributed by atoms with E-state index >= 15 is 0 Å². The normalized spacial score (nSPS) is 12.9. The number of carboxylic acids is 1. The predicted molar refractivity (Wildman–Crippen MR) is 120 cm³/mol. The maximum Gasteiger partial charge on any atom is 0.309 e. The Kier molecular flexibility index (Phi) is 6.46. The van der Waals surface area contributed by atoms with Gasteiger partial charge in [0, 0.05) is 18.3 Å². The number of amides is 1. The van der Waals surface area contributed by atoms with Crippen molar-refractivity contribution in [3.8, 4) is 0 Å². The minimum Gasteiger partial charge on any atom is -0.481 e. The van der Waals surface area contributed by atoms with Crippen LogP contribution in [0.2, 0.25) is 0 Å². The fraction of sp³-hybridized carbons (Fsp3) is 0.217. The summed E-state index contributed by atoms with van der Waals surface area (Å²) in [6.07, 6.45) is -1.39. The second-order valence-corrected chi connectivity index (χ2v) is 7.71. The first-order valence-corrected chi connectivity index (χ1v) is 10.4. The molecule has 2 aromatic carbocycles. The molecule has 2 aromatic heterocycles. The molecule has 0 saturated heterocycles. The molecule has 174 valence electrons. The summed E-state index contributed by atoms with van der Waals surface area (Å²) in [7, 11) is 0. The fourth-order valence-corrected chi connectivity index (χ4v) is 3.51. The third-order valence-electron chi connectivity index (χ3n) is 5.35. The third kappa shape index (κ3) is 4.84. The van der Waals surface area contributed by atoms with Crippen molar-refractivity contribution in [2.75, 3.05) is 5.32 Å². The highest BCUT2D eigenvalue weighted by atomic mass is 16.5. The van der Waals surface area contributed by atoms with Gasteiger partial charge in [0.15, 0.2) is 5.69 Å². The van der Waals surface area contributed by atoms with Crippen molar-refractivity contribution < 1.29 is 24.3 Å². The van der Waals surface area contributed by atoms with Gasteiger partial charge in [-0.25, -0.2) is 4.68 Å². The first-order chi connectivity index (χ1) is 16.3. The van der Waals surface area contributed by atoms with Gasteiger partial charge in [-0.3, -0.25) is 14.4 Å². The summed E-state index contributed by atoms with van der Waals surface area (Å²) >= 11 is 0. The first kappa shape index (κ1) is 22.8. The average Bonchev–Trinajstić information content (AvgIpc) is 3.27. The number of carbonyl (C=O) groups excluding carboxylic acids is 1. The monoisotopic (exact) mass is 463 g/mol. The number of nitrogens with one attached hydrogen (secondary N) is 1. The number of fused-ring (bicyclic) bond motifs is 1. The lowest BCUT2D eigenvalue weighted by molar-refractivity contribution is -0.146. The quantitative estimate of drug-likeness (QED) is 0.356. The number of anilines is 1. The zero-order chi connectivity index (χ0) is 24.2. The molecule has 0 aliphatic rings. The van der Waals surface area contributed by atoms with E-state index in [1.807, 2.05) is 0 Å². The van der Waals surface area contributed by atoms with Crippen molar-refractivity contribution in [1.82, 2.24) is 20.2 Å². The van der Waals surface area contributed by atoms with Crippen LogP contribution in [0.15, 0.2) is 63.9 Å². The summed E-state index contributed by atoms with van der Waals surface area (Å²) in [6.45, 7) is 1.64. The number of hydrogen-bond donors (Lipinski definition) is 3. The minimum atomic E-state index is -1.34. The van der Waals surface area contributed by atoms with Gasteiger partial charge in [0.2, 0.25) is 0 Å². The van der Waals surface area contributed by atoms with E-state index in [0.717, 1.165) is 4.68 Å². The average molecular weight is 463 g/mol. The largest absolute Gasteiger partial charge is 0.481 e. The van der Waals surface area contributed by atoms with Crippen molar-refractivity contribution in [3.05, 3.63) is 82.0 Å². The van der Waals surface area contributed by atoms with Crippen LogP contribution in [0, 0.1) is 12.8 Å². The number of benzene rings is 2. The van der Waals surface area contributed by atoms with Crippen molar-refractivity contribution in [2.45, 2.75) is 26.0 Å². The lowest BCUT2D eigenvalue weighted by Crippen LogP contribution is -2.29. The highest BCUT2D eigenvalue weighted by molar-refractivity contribution is 6.02. The molecule has 4 rings (SSSR count). The van der Waals surface area contributed by atoms with Gasteiger partial charge in [-0.1, -0.05) is 34.6 Å². The van der Waals surface area contributed by atoms with Gasteiger partial charge < -0.3 is 20.1 Å². The molecule has 11 heteroatoms. The van der Waals surface area contributed by atoms with Crippen molar-refractivity contribution in [3.63, 3.8) is 0 Å². The molecule has 3 N–H and O–H groups in total. The number of aliphatic carboxylic acids is 1. The lowest BCUT2D eigenvalue weighted by Gasteiger charge is -2.20. The van der Waals surface area contributed by atoms with Crippen molar-refractivity contribution in [2.24, 2.45) is 5.92 Å². The van der Waals surface area contributed by atoms with E-state index in [2.05, 4.69) is 20.8 Å². The lowest BCUT2D eigenvalue weighted by atomic mass is 9.92. The summed E-state index contributed by atoms with van der Waals surface area (Å²) in [5.74, 6) is -2.37. The van der Waals surface area contributed by atoms with Crippen LogP contribution in [0.5, 0.6) is 0 Å². The van der Waals surface area contributed by atoms with Crippen molar-refractivity contribution >= 4 is 28.5 Å².